The Labute approximate surface area is 120 Å². The minimum Gasteiger partial charge on any atom is -0.353 e. The van der Waals surface area contributed by atoms with Crippen LogP contribution in [-0.4, -0.2) is 23.1 Å². The van der Waals surface area contributed by atoms with Gasteiger partial charge in [-0.1, -0.05) is 43.0 Å². The molecule has 1 aliphatic rings. The second-order valence-electron chi connectivity index (χ2n) is 5.15. The Morgan fingerprint density at radius 1 is 1.45 bits per heavy atom. The second kappa shape index (κ2) is 6.06. The highest BCUT2D eigenvalue weighted by Gasteiger charge is 2.46. The summed E-state index contributed by atoms with van der Waals surface area (Å²) in [5, 5.41) is 0. The van der Waals surface area contributed by atoms with Gasteiger partial charge in [0.25, 0.3) is 0 Å². The van der Waals surface area contributed by atoms with Gasteiger partial charge in [0.15, 0.2) is 0 Å². The largest absolute Gasteiger partial charge is 0.353 e. The molecule has 1 aliphatic heterocycles. The molecule has 0 aliphatic carbocycles. The molecule has 1 amide bonds. The number of hydrogen-bond acceptors (Lipinski definition) is 2. The van der Waals surface area contributed by atoms with E-state index in [0.717, 1.165) is 18.4 Å². The minimum absolute atomic E-state index is 0.0588. The van der Waals surface area contributed by atoms with Crippen LogP contribution in [0.1, 0.15) is 31.4 Å². The lowest BCUT2D eigenvalue weighted by Crippen LogP contribution is -2.46. The monoisotopic (exact) mass is 271 g/mol. The van der Waals surface area contributed by atoms with Gasteiger partial charge in [0.2, 0.25) is 5.91 Å². The van der Waals surface area contributed by atoms with Gasteiger partial charge in [-0.15, -0.1) is 6.58 Å². The van der Waals surface area contributed by atoms with Crippen molar-refractivity contribution in [3.63, 3.8) is 0 Å². The lowest BCUT2D eigenvalue weighted by molar-refractivity contribution is -0.144. The number of amides is 1. The van der Waals surface area contributed by atoms with Gasteiger partial charge in [-0.2, -0.15) is 0 Å². The van der Waals surface area contributed by atoms with Crippen molar-refractivity contribution in [3.8, 4) is 0 Å². The third-order valence-corrected chi connectivity index (χ3v) is 3.78. The zero-order valence-corrected chi connectivity index (χ0v) is 11.9. The summed E-state index contributed by atoms with van der Waals surface area (Å²) >= 11 is 0. The zero-order valence-electron chi connectivity index (χ0n) is 11.9. The number of ether oxygens (including phenoxy) is 1. The van der Waals surface area contributed by atoms with E-state index in [1.54, 1.807) is 4.90 Å². The molecule has 0 aromatic heterocycles. The van der Waals surface area contributed by atoms with E-state index in [0.29, 0.717) is 6.61 Å². The van der Waals surface area contributed by atoms with Gasteiger partial charge in [-0.25, -0.2) is 0 Å². The number of rotatable bonds is 5. The molecule has 0 saturated carbocycles. The molecule has 0 spiro atoms. The molecule has 1 fully saturated rings. The Morgan fingerprint density at radius 3 is 2.75 bits per heavy atom. The lowest BCUT2D eigenvalue weighted by atomic mass is 10.0. The Hall–Kier alpha value is -1.87. The van der Waals surface area contributed by atoms with Gasteiger partial charge in [-0.05, 0) is 31.4 Å². The van der Waals surface area contributed by atoms with Crippen molar-refractivity contribution in [2.75, 3.05) is 6.61 Å². The van der Waals surface area contributed by atoms with E-state index in [1.165, 1.54) is 6.08 Å². The number of hydrogen-bond donors (Lipinski definition) is 0. The van der Waals surface area contributed by atoms with Gasteiger partial charge in [-0.3, -0.25) is 4.79 Å². The fraction of sp³-hybridized carbons (Fsp3) is 0.353. The van der Waals surface area contributed by atoms with E-state index in [9.17, 15) is 4.79 Å². The first kappa shape index (κ1) is 14.5. The summed E-state index contributed by atoms with van der Waals surface area (Å²) in [4.78, 5) is 14.1. The highest BCUT2D eigenvalue weighted by Crippen LogP contribution is 2.39. The van der Waals surface area contributed by atoms with E-state index in [2.05, 4.69) is 13.2 Å². The fourth-order valence-corrected chi connectivity index (χ4v) is 2.70. The smallest absolute Gasteiger partial charge is 0.248 e. The first-order valence-corrected chi connectivity index (χ1v) is 6.88. The van der Waals surface area contributed by atoms with Crippen molar-refractivity contribution in [1.29, 1.82) is 0 Å². The Bertz CT molecular complexity index is 497. The summed E-state index contributed by atoms with van der Waals surface area (Å²) in [6.45, 7) is 9.82. The van der Waals surface area contributed by atoms with Gasteiger partial charge >= 0.3 is 0 Å². The van der Waals surface area contributed by atoms with Gasteiger partial charge in [0.05, 0.1) is 12.6 Å². The molecule has 1 heterocycles. The quantitative estimate of drug-likeness (QED) is 0.606. The lowest BCUT2D eigenvalue weighted by Gasteiger charge is -2.36. The molecule has 0 radical (unpaired) electrons. The fourth-order valence-electron chi connectivity index (χ4n) is 2.70. The molecular formula is C17H21NO2. The molecule has 2 atom stereocenters. The maximum absolute atomic E-state index is 12.3. The van der Waals surface area contributed by atoms with Crippen LogP contribution in [0.5, 0.6) is 0 Å². The molecule has 0 N–H and O–H groups in total. The van der Waals surface area contributed by atoms with E-state index in [4.69, 9.17) is 4.74 Å². The SMILES string of the molecule is C=CCC[C@@]1(C)OC[C@@H](c2ccccc2)N1C(=O)C=C. The molecule has 20 heavy (non-hydrogen) atoms. The molecule has 106 valence electrons. The molecule has 2 rings (SSSR count). The van der Waals surface area contributed by atoms with Crippen LogP contribution in [-0.2, 0) is 9.53 Å². The highest BCUT2D eigenvalue weighted by molar-refractivity contribution is 5.88. The molecule has 1 saturated heterocycles. The summed E-state index contributed by atoms with van der Waals surface area (Å²) in [7, 11) is 0. The van der Waals surface area contributed by atoms with Crippen molar-refractivity contribution in [1.82, 2.24) is 4.90 Å². The third-order valence-electron chi connectivity index (χ3n) is 3.78. The van der Waals surface area contributed by atoms with Crippen LogP contribution in [0.25, 0.3) is 0 Å². The standard InChI is InChI=1S/C17H21NO2/c1-4-6-12-17(3)18(16(19)5-2)15(13-20-17)14-10-8-7-9-11-14/h4-5,7-11,15H,1-2,6,12-13H2,3H3/t15-,17+/m0/s1. The molecule has 1 aromatic rings. The van der Waals surface area contributed by atoms with Crippen LogP contribution in [0.2, 0.25) is 0 Å². The second-order valence-corrected chi connectivity index (χ2v) is 5.15. The van der Waals surface area contributed by atoms with E-state index in [-0.39, 0.29) is 11.9 Å². The number of carbonyl (C=O) groups excluding carboxylic acids is 1. The average Bonchev–Trinajstić information content (AvgIpc) is 2.83. The zero-order chi connectivity index (χ0) is 14.6. The van der Waals surface area contributed by atoms with Crippen molar-refractivity contribution < 1.29 is 9.53 Å². The molecule has 3 heteroatoms. The minimum atomic E-state index is -0.597. The topological polar surface area (TPSA) is 29.5 Å². The predicted octanol–water partition coefficient (Wildman–Crippen LogP) is 3.45. The predicted molar refractivity (Wildman–Crippen MR) is 80.0 cm³/mol. The van der Waals surface area contributed by atoms with Gasteiger partial charge in [0, 0.05) is 0 Å². The van der Waals surface area contributed by atoms with Crippen molar-refractivity contribution in [2.45, 2.75) is 31.5 Å². The number of benzene rings is 1. The molecular weight excluding hydrogens is 250 g/mol. The van der Waals surface area contributed by atoms with E-state index >= 15 is 0 Å². The maximum Gasteiger partial charge on any atom is 0.248 e. The van der Waals surface area contributed by atoms with Crippen LogP contribution in [0.3, 0.4) is 0 Å². The number of carbonyl (C=O) groups is 1. The molecule has 3 nitrogen and oxygen atoms in total. The maximum atomic E-state index is 12.3. The first-order valence-electron chi connectivity index (χ1n) is 6.88. The first-order chi connectivity index (χ1) is 9.62. The average molecular weight is 271 g/mol. The summed E-state index contributed by atoms with van der Waals surface area (Å²) < 4.78 is 5.95. The Morgan fingerprint density at radius 2 is 2.15 bits per heavy atom. The van der Waals surface area contributed by atoms with Crippen molar-refractivity contribution >= 4 is 5.91 Å². The Kier molecular flexibility index (Phi) is 4.40. The van der Waals surface area contributed by atoms with Crippen LogP contribution < -0.4 is 0 Å². The van der Waals surface area contributed by atoms with Crippen LogP contribution in [0.15, 0.2) is 55.6 Å². The van der Waals surface area contributed by atoms with Crippen molar-refractivity contribution in [3.05, 3.63) is 61.2 Å². The van der Waals surface area contributed by atoms with Crippen molar-refractivity contribution in [2.24, 2.45) is 0 Å². The molecule has 1 aromatic carbocycles. The van der Waals surface area contributed by atoms with Crippen LogP contribution >= 0.6 is 0 Å². The third kappa shape index (κ3) is 2.68. The summed E-state index contributed by atoms with van der Waals surface area (Å²) in [6, 6.07) is 9.91. The van der Waals surface area contributed by atoms with Crippen LogP contribution in [0, 0.1) is 0 Å². The highest BCUT2D eigenvalue weighted by atomic mass is 16.5. The van der Waals surface area contributed by atoms with E-state index < -0.39 is 5.72 Å². The van der Waals surface area contributed by atoms with Crippen LogP contribution in [0.4, 0.5) is 0 Å². The summed E-state index contributed by atoms with van der Waals surface area (Å²) in [5.74, 6) is -0.0945. The van der Waals surface area contributed by atoms with Gasteiger partial charge in [0.1, 0.15) is 5.72 Å². The molecule has 0 bridgehead atoms. The number of nitrogens with zero attached hydrogens (tertiary/aromatic N) is 1. The normalized spacial score (nSPS) is 25.4. The molecule has 0 unspecified atom stereocenters. The van der Waals surface area contributed by atoms with E-state index in [1.807, 2.05) is 43.3 Å². The summed E-state index contributed by atoms with van der Waals surface area (Å²) in [6.07, 6.45) is 4.75. The summed E-state index contributed by atoms with van der Waals surface area (Å²) in [5.41, 5.74) is 0.491. The van der Waals surface area contributed by atoms with Gasteiger partial charge < -0.3 is 9.64 Å². The Balaban J connectivity index is 2.32. The number of allylic oxidation sites excluding steroid dienone is 1.